The van der Waals surface area contributed by atoms with Gasteiger partial charge in [-0.1, -0.05) is 0 Å². The molecule has 1 heterocycles. The lowest BCUT2D eigenvalue weighted by Crippen LogP contribution is -2.46. The van der Waals surface area contributed by atoms with Crippen LogP contribution in [0.4, 0.5) is 5.95 Å². The average molecular weight is 232 g/mol. The van der Waals surface area contributed by atoms with Crippen molar-refractivity contribution in [2.24, 2.45) is 23.7 Å². The lowest BCUT2D eigenvalue weighted by atomic mass is 9.54. The van der Waals surface area contributed by atoms with Crippen LogP contribution in [0.3, 0.4) is 0 Å². The van der Waals surface area contributed by atoms with Gasteiger partial charge in [0, 0.05) is 6.04 Å². The Morgan fingerprint density at radius 2 is 1.59 bits per heavy atom. The molecule has 17 heavy (non-hydrogen) atoms. The first kappa shape index (κ1) is 9.92. The van der Waals surface area contributed by atoms with Gasteiger partial charge in [0.25, 0.3) is 0 Å². The molecule has 0 atom stereocenters. The maximum absolute atomic E-state index is 6.01. The van der Waals surface area contributed by atoms with Gasteiger partial charge in [0.15, 0.2) is 0 Å². The van der Waals surface area contributed by atoms with Crippen molar-refractivity contribution < 1.29 is 0 Å². The topological polar surface area (TPSA) is 56.7 Å². The van der Waals surface area contributed by atoms with E-state index in [-0.39, 0.29) is 0 Å². The van der Waals surface area contributed by atoms with E-state index in [1.165, 1.54) is 32.1 Å². The average Bonchev–Trinajstić information content (AvgIpc) is 2.59. The summed E-state index contributed by atoms with van der Waals surface area (Å²) in [6, 6.07) is 0.595. The van der Waals surface area contributed by atoms with Crippen LogP contribution in [0.1, 0.15) is 44.0 Å². The fourth-order valence-corrected chi connectivity index (χ4v) is 5.07. The minimum atomic E-state index is 0.595. The van der Waals surface area contributed by atoms with E-state index in [4.69, 9.17) is 5.73 Å². The predicted octanol–water partition coefficient (Wildman–Crippen LogP) is 2.17. The number of hydrogen-bond donors (Lipinski definition) is 1. The molecule has 0 saturated heterocycles. The van der Waals surface area contributed by atoms with Gasteiger partial charge in [-0.3, -0.25) is 4.57 Å². The first-order chi connectivity index (χ1) is 8.22. The molecule has 0 aromatic carbocycles. The van der Waals surface area contributed by atoms with Crippen molar-refractivity contribution in [3.05, 3.63) is 5.82 Å². The molecule has 4 saturated carbocycles. The number of anilines is 1. The lowest BCUT2D eigenvalue weighted by Gasteiger charge is -2.54. The SMILES string of the molecule is Cc1nnc(N)n1C1C2CC3CC(C2)CC1C3. The van der Waals surface area contributed by atoms with E-state index in [0.29, 0.717) is 12.0 Å². The number of aromatic nitrogens is 3. The second kappa shape index (κ2) is 3.24. The second-order valence-electron chi connectivity index (χ2n) is 6.40. The van der Waals surface area contributed by atoms with Crippen molar-refractivity contribution in [1.82, 2.24) is 14.8 Å². The number of nitrogen functional groups attached to an aromatic ring is 1. The van der Waals surface area contributed by atoms with Crippen molar-refractivity contribution in [3.8, 4) is 0 Å². The molecule has 4 bridgehead atoms. The zero-order chi connectivity index (χ0) is 11.6. The van der Waals surface area contributed by atoms with Crippen LogP contribution < -0.4 is 5.73 Å². The van der Waals surface area contributed by atoms with Crippen LogP contribution in [0.25, 0.3) is 0 Å². The molecule has 0 spiro atoms. The predicted molar refractivity (Wildman–Crippen MR) is 65.3 cm³/mol. The summed E-state index contributed by atoms with van der Waals surface area (Å²) in [5.41, 5.74) is 6.01. The quantitative estimate of drug-likeness (QED) is 0.807. The molecule has 4 aliphatic carbocycles. The highest BCUT2D eigenvalue weighted by molar-refractivity contribution is 5.20. The zero-order valence-corrected chi connectivity index (χ0v) is 10.3. The molecular weight excluding hydrogens is 212 g/mol. The fourth-order valence-electron chi connectivity index (χ4n) is 5.07. The van der Waals surface area contributed by atoms with Gasteiger partial charge in [-0.25, -0.2) is 0 Å². The molecule has 5 rings (SSSR count). The van der Waals surface area contributed by atoms with Crippen LogP contribution >= 0.6 is 0 Å². The van der Waals surface area contributed by atoms with Gasteiger partial charge in [0.2, 0.25) is 5.95 Å². The Morgan fingerprint density at radius 3 is 2.06 bits per heavy atom. The van der Waals surface area contributed by atoms with Gasteiger partial charge in [-0.05, 0) is 62.7 Å². The van der Waals surface area contributed by atoms with Crippen molar-refractivity contribution in [2.75, 3.05) is 5.73 Å². The summed E-state index contributed by atoms with van der Waals surface area (Å²) in [5, 5.41) is 8.18. The Bertz CT molecular complexity index is 403. The maximum Gasteiger partial charge on any atom is 0.222 e. The number of hydrogen-bond acceptors (Lipinski definition) is 3. The smallest absolute Gasteiger partial charge is 0.222 e. The molecule has 4 nitrogen and oxygen atoms in total. The summed E-state index contributed by atoms with van der Waals surface area (Å²) >= 11 is 0. The summed E-state index contributed by atoms with van der Waals surface area (Å²) in [4.78, 5) is 0. The maximum atomic E-state index is 6.01. The first-order valence-electron chi connectivity index (χ1n) is 6.89. The normalized spacial score (nSPS) is 43.2. The van der Waals surface area contributed by atoms with Gasteiger partial charge < -0.3 is 5.73 Å². The summed E-state index contributed by atoms with van der Waals surface area (Å²) in [5.74, 6) is 5.31. The second-order valence-corrected chi connectivity index (χ2v) is 6.40. The van der Waals surface area contributed by atoms with E-state index in [2.05, 4.69) is 14.8 Å². The van der Waals surface area contributed by atoms with E-state index in [1.807, 2.05) is 6.92 Å². The van der Waals surface area contributed by atoms with Gasteiger partial charge >= 0.3 is 0 Å². The highest BCUT2D eigenvalue weighted by atomic mass is 15.3. The monoisotopic (exact) mass is 232 g/mol. The van der Waals surface area contributed by atoms with Gasteiger partial charge in [-0.2, -0.15) is 0 Å². The largest absolute Gasteiger partial charge is 0.368 e. The summed E-state index contributed by atoms with van der Waals surface area (Å²) in [7, 11) is 0. The third-order valence-electron chi connectivity index (χ3n) is 5.37. The van der Waals surface area contributed by atoms with E-state index in [1.54, 1.807) is 0 Å². The van der Waals surface area contributed by atoms with E-state index >= 15 is 0 Å². The number of nitrogens with two attached hydrogens (primary N) is 1. The van der Waals surface area contributed by atoms with Crippen molar-refractivity contribution in [2.45, 2.75) is 45.1 Å². The molecule has 4 aliphatic rings. The van der Waals surface area contributed by atoms with Crippen molar-refractivity contribution in [3.63, 3.8) is 0 Å². The highest BCUT2D eigenvalue weighted by Gasteiger charge is 2.49. The zero-order valence-electron chi connectivity index (χ0n) is 10.3. The third-order valence-corrected chi connectivity index (χ3v) is 5.37. The molecule has 1 aromatic rings. The highest BCUT2D eigenvalue weighted by Crippen LogP contribution is 2.58. The molecule has 0 aliphatic heterocycles. The first-order valence-corrected chi connectivity index (χ1v) is 6.89. The number of rotatable bonds is 1. The summed E-state index contributed by atoms with van der Waals surface area (Å²) < 4.78 is 2.23. The fraction of sp³-hybridized carbons (Fsp3) is 0.846. The van der Waals surface area contributed by atoms with Crippen molar-refractivity contribution in [1.29, 1.82) is 0 Å². The van der Waals surface area contributed by atoms with Crippen LogP contribution in [-0.2, 0) is 0 Å². The van der Waals surface area contributed by atoms with Crippen LogP contribution in [0.5, 0.6) is 0 Å². The minimum Gasteiger partial charge on any atom is -0.368 e. The molecule has 0 amide bonds. The molecule has 0 radical (unpaired) electrons. The Hall–Kier alpha value is -1.06. The molecule has 92 valence electrons. The van der Waals surface area contributed by atoms with Gasteiger partial charge in [-0.15, -0.1) is 10.2 Å². The standard InChI is InChI=1S/C13H20N4/c1-7-15-16-13(14)17(7)12-10-3-8-2-9(5-10)6-11(12)4-8/h8-12H,2-6H2,1H3,(H2,14,16). The van der Waals surface area contributed by atoms with E-state index in [0.717, 1.165) is 29.5 Å². The van der Waals surface area contributed by atoms with Gasteiger partial charge in [0.1, 0.15) is 5.82 Å². The van der Waals surface area contributed by atoms with E-state index < -0.39 is 0 Å². The Kier molecular flexibility index (Phi) is 1.89. The molecular formula is C13H20N4. The summed E-state index contributed by atoms with van der Waals surface area (Å²) in [6.07, 6.45) is 7.14. The van der Waals surface area contributed by atoms with Gasteiger partial charge in [0.05, 0.1) is 0 Å². The minimum absolute atomic E-state index is 0.595. The molecule has 2 N–H and O–H groups in total. The van der Waals surface area contributed by atoms with Crippen LogP contribution in [0.15, 0.2) is 0 Å². The Morgan fingerprint density at radius 1 is 1.00 bits per heavy atom. The molecule has 0 unspecified atom stereocenters. The third kappa shape index (κ3) is 1.30. The Labute approximate surface area is 102 Å². The molecule has 1 aromatic heterocycles. The van der Waals surface area contributed by atoms with Crippen LogP contribution in [0.2, 0.25) is 0 Å². The number of nitrogens with zero attached hydrogens (tertiary/aromatic N) is 3. The molecule has 4 heteroatoms. The summed E-state index contributed by atoms with van der Waals surface area (Å²) in [6.45, 7) is 2.04. The Balaban J connectivity index is 1.75. The lowest BCUT2D eigenvalue weighted by molar-refractivity contribution is -0.0291. The van der Waals surface area contributed by atoms with E-state index in [9.17, 15) is 0 Å². The number of aryl methyl sites for hydroxylation is 1. The van der Waals surface area contributed by atoms with Crippen LogP contribution in [-0.4, -0.2) is 14.8 Å². The molecule has 4 fully saturated rings. The van der Waals surface area contributed by atoms with Crippen LogP contribution in [0, 0.1) is 30.6 Å². The van der Waals surface area contributed by atoms with Crippen molar-refractivity contribution >= 4 is 5.95 Å².